The molecule has 0 bridgehead atoms. The molecule has 2 atom stereocenters. The van der Waals surface area contributed by atoms with Crippen LogP contribution in [0.1, 0.15) is 30.1 Å². The minimum absolute atomic E-state index is 0.349. The zero-order chi connectivity index (χ0) is 19.3. The molecule has 140 valence electrons. The molecule has 0 unspecified atom stereocenters. The van der Waals surface area contributed by atoms with Gasteiger partial charge in [0.15, 0.2) is 0 Å². The zero-order valence-corrected chi connectivity index (χ0v) is 16.2. The molecule has 0 radical (unpaired) electrons. The first kappa shape index (κ1) is 19.9. The summed E-state index contributed by atoms with van der Waals surface area (Å²) in [6, 6.07) is 14.9. The third-order valence-corrected chi connectivity index (χ3v) is 5.47. The van der Waals surface area contributed by atoms with E-state index in [0.29, 0.717) is 11.3 Å². The predicted octanol–water partition coefficient (Wildman–Crippen LogP) is 2.51. The summed E-state index contributed by atoms with van der Waals surface area (Å²) in [7, 11) is -0.590. The summed E-state index contributed by atoms with van der Waals surface area (Å²) in [5.41, 5.74) is 1.42. The molecule has 0 aromatic heterocycles. The number of hydrogen-bond acceptors (Lipinski definition) is 4. The molecule has 0 aliphatic rings. The Bertz CT molecular complexity index is 853. The van der Waals surface area contributed by atoms with E-state index in [1.807, 2.05) is 37.3 Å². The fraction of sp³-hybridized carbons (Fsp3) is 0.316. The highest BCUT2D eigenvalue weighted by Crippen LogP contribution is 2.27. The molecule has 0 spiro atoms. The summed E-state index contributed by atoms with van der Waals surface area (Å²) in [6.07, 6.45) is 1.08. The van der Waals surface area contributed by atoms with Gasteiger partial charge < -0.3 is 10.1 Å². The Morgan fingerprint density at radius 1 is 1.08 bits per heavy atom. The van der Waals surface area contributed by atoms with Gasteiger partial charge in [0.1, 0.15) is 11.8 Å². The first-order valence-electron chi connectivity index (χ1n) is 8.17. The number of hydrogen-bond donors (Lipinski definition) is 1. The van der Waals surface area contributed by atoms with Gasteiger partial charge in [0.25, 0.3) is 0 Å². The summed E-state index contributed by atoms with van der Waals surface area (Å²) < 4.78 is 30.5. The number of rotatable bonds is 7. The van der Waals surface area contributed by atoms with Gasteiger partial charge in [-0.3, -0.25) is 4.79 Å². The van der Waals surface area contributed by atoms with E-state index >= 15 is 0 Å². The second-order valence-electron chi connectivity index (χ2n) is 6.06. The van der Waals surface area contributed by atoms with E-state index in [0.717, 1.165) is 16.1 Å². The number of carbonyl (C=O) groups is 1. The van der Waals surface area contributed by atoms with Gasteiger partial charge in [-0.1, -0.05) is 48.5 Å². The van der Waals surface area contributed by atoms with Crippen molar-refractivity contribution in [3.8, 4) is 5.75 Å². The quantitative estimate of drug-likeness (QED) is 0.806. The SMILES string of the molecule is COc1ccccc1[C@H](C)NC(=O)[C@H](c1ccccc1)N(C)S(C)(=O)=O. The Balaban J connectivity index is 2.32. The average molecular weight is 376 g/mol. The van der Waals surface area contributed by atoms with Crippen molar-refractivity contribution >= 4 is 15.9 Å². The van der Waals surface area contributed by atoms with E-state index in [1.165, 1.54) is 7.05 Å². The average Bonchev–Trinajstić information content (AvgIpc) is 2.61. The van der Waals surface area contributed by atoms with Crippen molar-refractivity contribution in [2.45, 2.75) is 19.0 Å². The van der Waals surface area contributed by atoms with Gasteiger partial charge in [0.2, 0.25) is 15.9 Å². The smallest absolute Gasteiger partial charge is 0.243 e. The second-order valence-corrected chi connectivity index (χ2v) is 8.11. The van der Waals surface area contributed by atoms with Crippen LogP contribution in [0.15, 0.2) is 54.6 Å². The summed E-state index contributed by atoms with van der Waals surface area (Å²) in [6.45, 7) is 1.83. The van der Waals surface area contributed by atoms with Crippen molar-refractivity contribution in [1.82, 2.24) is 9.62 Å². The number of ether oxygens (including phenoxy) is 1. The molecule has 1 N–H and O–H groups in total. The first-order valence-corrected chi connectivity index (χ1v) is 10.0. The molecule has 0 saturated heterocycles. The summed E-state index contributed by atoms with van der Waals surface area (Å²) >= 11 is 0. The molecule has 0 saturated carbocycles. The fourth-order valence-corrected chi connectivity index (χ4v) is 3.35. The van der Waals surface area contributed by atoms with Crippen LogP contribution < -0.4 is 10.1 Å². The van der Waals surface area contributed by atoms with Crippen molar-refractivity contribution in [2.24, 2.45) is 0 Å². The number of nitrogens with one attached hydrogen (secondary N) is 1. The van der Waals surface area contributed by atoms with Crippen molar-refractivity contribution in [3.63, 3.8) is 0 Å². The minimum Gasteiger partial charge on any atom is -0.496 e. The molecule has 0 aliphatic heterocycles. The van der Waals surface area contributed by atoms with E-state index in [2.05, 4.69) is 5.32 Å². The molecule has 0 heterocycles. The molecule has 6 nitrogen and oxygen atoms in total. The molecule has 2 aromatic carbocycles. The third kappa shape index (κ3) is 4.62. The van der Waals surface area contributed by atoms with Crippen molar-refractivity contribution in [2.75, 3.05) is 20.4 Å². The Morgan fingerprint density at radius 2 is 1.65 bits per heavy atom. The molecular weight excluding hydrogens is 352 g/mol. The van der Waals surface area contributed by atoms with E-state index in [4.69, 9.17) is 4.74 Å². The van der Waals surface area contributed by atoms with E-state index < -0.39 is 22.0 Å². The molecule has 0 fully saturated rings. The second kappa shape index (κ2) is 8.33. The monoisotopic (exact) mass is 376 g/mol. The van der Waals surface area contributed by atoms with Crippen LogP contribution in [0.3, 0.4) is 0 Å². The number of nitrogens with zero attached hydrogens (tertiary/aromatic N) is 1. The lowest BCUT2D eigenvalue weighted by Gasteiger charge is -2.27. The molecule has 2 aromatic rings. The van der Waals surface area contributed by atoms with Gasteiger partial charge in [-0.15, -0.1) is 0 Å². The van der Waals surface area contributed by atoms with Crippen LogP contribution in [0.4, 0.5) is 0 Å². The van der Waals surface area contributed by atoms with Gasteiger partial charge in [0.05, 0.1) is 19.4 Å². The summed E-state index contributed by atoms with van der Waals surface area (Å²) in [5, 5.41) is 2.90. The Hall–Kier alpha value is -2.38. The van der Waals surface area contributed by atoms with Crippen LogP contribution in [-0.4, -0.2) is 39.0 Å². The van der Waals surface area contributed by atoms with Crippen molar-refractivity contribution in [3.05, 3.63) is 65.7 Å². The number of methoxy groups -OCH3 is 1. The van der Waals surface area contributed by atoms with Gasteiger partial charge in [0, 0.05) is 12.6 Å². The van der Waals surface area contributed by atoms with Crippen LogP contribution >= 0.6 is 0 Å². The summed E-state index contributed by atoms with van der Waals surface area (Å²) in [4.78, 5) is 13.0. The third-order valence-electron chi connectivity index (χ3n) is 4.21. The Labute approximate surface area is 154 Å². The largest absolute Gasteiger partial charge is 0.496 e. The number of sulfonamides is 1. The molecule has 7 heteroatoms. The van der Waals surface area contributed by atoms with Gasteiger partial charge in [-0.25, -0.2) is 8.42 Å². The first-order chi connectivity index (χ1) is 12.3. The van der Waals surface area contributed by atoms with Crippen LogP contribution in [0.2, 0.25) is 0 Å². The number of amides is 1. The van der Waals surface area contributed by atoms with Gasteiger partial charge >= 0.3 is 0 Å². The number of likely N-dealkylation sites (N-methyl/N-ethyl adjacent to an activating group) is 1. The molecule has 1 amide bonds. The standard InChI is InChI=1S/C19H24N2O4S/c1-14(16-12-8-9-13-17(16)25-3)20-19(22)18(21(2)26(4,23)24)15-10-6-5-7-11-15/h5-14,18H,1-4H3,(H,20,22)/t14-,18-/m0/s1. The minimum atomic E-state index is -3.56. The van der Waals surface area contributed by atoms with Gasteiger partial charge in [-0.2, -0.15) is 4.31 Å². The van der Waals surface area contributed by atoms with Crippen molar-refractivity contribution in [1.29, 1.82) is 0 Å². The topological polar surface area (TPSA) is 75.7 Å². The normalized spacial score (nSPS) is 13.9. The fourth-order valence-electron chi connectivity index (χ4n) is 2.75. The highest BCUT2D eigenvalue weighted by Gasteiger charge is 2.31. The van der Waals surface area contributed by atoms with Crippen LogP contribution in [-0.2, 0) is 14.8 Å². The highest BCUT2D eigenvalue weighted by molar-refractivity contribution is 7.88. The summed E-state index contributed by atoms with van der Waals surface area (Å²) in [5.74, 6) is 0.260. The van der Waals surface area contributed by atoms with Crippen LogP contribution in [0.5, 0.6) is 5.75 Å². The predicted molar refractivity (Wildman–Crippen MR) is 101 cm³/mol. The number of para-hydroxylation sites is 1. The Morgan fingerprint density at radius 3 is 2.23 bits per heavy atom. The lowest BCUT2D eigenvalue weighted by molar-refractivity contribution is -0.125. The zero-order valence-electron chi connectivity index (χ0n) is 15.3. The molecule has 2 rings (SSSR count). The number of benzene rings is 2. The lowest BCUT2D eigenvalue weighted by atomic mass is 10.0. The molecule has 26 heavy (non-hydrogen) atoms. The van der Waals surface area contributed by atoms with Crippen LogP contribution in [0.25, 0.3) is 0 Å². The number of carbonyl (C=O) groups excluding carboxylic acids is 1. The maximum absolute atomic E-state index is 13.0. The van der Waals surface area contributed by atoms with Gasteiger partial charge in [-0.05, 0) is 18.6 Å². The van der Waals surface area contributed by atoms with E-state index in [1.54, 1.807) is 31.4 Å². The van der Waals surface area contributed by atoms with E-state index in [9.17, 15) is 13.2 Å². The van der Waals surface area contributed by atoms with Crippen LogP contribution in [0, 0.1) is 0 Å². The van der Waals surface area contributed by atoms with E-state index in [-0.39, 0.29) is 6.04 Å². The maximum Gasteiger partial charge on any atom is 0.243 e. The maximum atomic E-state index is 13.0. The highest BCUT2D eigenvalue weighted by atomic mass is 32.2. The van der Waals surface area contributed by atoms with Crippen molar-refractivity contribution < 1.29 is 17.9 Å². The molecular formula is C19H24N2O4S. The molecule has 0 aliphatic carbocycles. The Kier molecular flexibility index (Phi) is 6.39. The lowest BCUT2D eigenvalue weighted by Crippen LogP contribution is -2.42.